The molecule has 1 atom stereocenters. The highest BCUT2D eigenvalue weighted by Crippen LogP contribution is 2.04. The average molecular weight is 146 g/mol. The zero-order valence-electron chi connectivity index (χ0n) is 6.68. The van der Waals surface area contributed by atoms with Gasteiger partial charge in [0.05, 0.1) is 0 Å². The molecule has 0 aromatic rings. The van der Waals surface area contributed by atoms with E-state index in [1.807, 2.05) is 4.90 Å². The summed E-state index contributed by atoms with van der Waals surface area (Å²) in [5.74, 6) is 0. The normalized spacial score (nSPS) is 26.7. The second kappa shape index (κ2) is 3.30. The number of rotatable bonds is 1. The monoisotopic (exact) mass is 146 g/mol. The lowest BCUT2D eigenvalue weighted by Crippen LogP contribution is -2.46. The van der Waals surface area contributed by atoms with Crippen LogP contribution in [0, 0.1) is 0 Å². The molecule has 0 aromatic carbocycles. The van der Waals surface area contributed by atoms with Crippen LogP contribution >= 0.6 is 0 Å². The number of alkyl halides is 1. The lowest BCUT2D eigenvalue weighted by molar-refractivity contribution is 0.0512. The van der Waals surface area contributed by atoms with Crippen LogP contribution in [-0.4, -0.2) is 49.3 Å². The third-order valence-electron chi connectivity index (χ3n) is 2.04. The third kappa shape index (κ3) is 1.92. The first-order valence-corrected chi connectivity index (χ1v) is 3.77. The first-order valence-electron chi connectivity index (χ1n) is 3.77. The molecular formula is C7H15FN2. The predicted molar refractivity (Wildman–Crippen MR) is 39.6 cm³/mol. The molecule has 1 saturated heterocycles. The Morgan fingerprint density at radius 1 is 1.20 bits per heavy atom. The summed E-state index contributed by atoms with van der Waals surface area (Å²) in [5.41, 5.74) is 0. The topological polar surface area (TPSA) is 6.48 Å². The van der Waals surface area contributed by atoms with Crippen LogP contribution in [0.5, 0.6) is 0 Å². The SMILES string of the molecule is C[C@H](F)N1CCN(C)CC1. The summed E-state index contributed by atoms with van der Waals surface area (Å²) in [6.45, 7) is 5.33. The lowest BCUT2D eigenvalue weighted by Gasteiger charge is -2.32. The van der Waals surface area contributed by atoms with Gasteiger partial charge in [-0.15, -0.1) is 0 Å². The minimum Gasteiger partial charge on any atom is -0.304 e. The summed E-state index contributed by atoms with van der Waals surface area (Å²) in [6.07, 6.45) is -0.770. The van der Waals surface area contributed by atoms with Crippen LogP contribution in [0.1, 0.15) is 6.92 Å². The van der Waals surface area contributed by atoms with Gasteiger partial charge in [-0.2, -0.15) is 0 Å². The van der Waals surface area contributed by atoms with E-state index in [0.29, 0.717) is 0 Å². The quantitative estimate of drug-likeness (QED) is 0.498. The fourth-order valence-electron chi connectivity index (χ4n) is 1.18. The molecule has 1 rings (SSSR count). The Morgan fingerprint density at radius 3 is 2.10 bits per heavy atom. The molecule has 1 aliphatic heterocycles. The van der Waals surface area contributed by atoms with E-state index < -0.39 is 6.30 Å². The second-order valence-electron chi connectivity index (χ2n) is 2.91. The first-order chi connectivity index (χ1) is 4.70. The van der Waals surface area contributed by atoms with Crippen molar-refractivity contribution in [2.24, 2.45) is 0 Å². The summed E-state index contributed by atoms with van der Waals surface area (Å²) in [6, 6.07) is 0. The Balaban J connectivity index is 2.26. The van der Waals surface area contributed by atoms with Gasteiger partial charge in [0, 0.05) is 26.2 Å². The summed E-state index contributed by atoms with van der Waals surface area (Å²) in [5, 5.41) is 0. The van der Waals surface area contributed by atoms with Crippen LogP contribution < -0.4 is 0 Å². The van der Waals surface area contributed by atoms with E-state index in [1.165, 1.54) is 0 Å². The molecule has 1 fully saturated rings. The fraction of sp³-hybridized carbons (Fsp3) is 1.00. The third-order valence-corrected chi connectivity index (χ3v) is 2.04. The molecule has 1 heterocycles. The summed E-state index contributed by atoms with van der Waals surface area (Å²) >= 11 is 0. The average Bonchev–Trinajstić information content (AvgIpc) is 1.88. The maximum Gasteiger partial charge on any atom is 0.150 e. The summed E-state index contributed by atoms with van der Waals surface area (Å²) in [7, 11) is 2.07. The van der Waals surface area contributed by atoms with Crippen LogP contribution in [0.2, 0.25) is 0 Å². The number of nitrogens with zero attached hydrogens (tertiary/aromatic N) is 2. The van der Waals surface area contributed by atoms with E-state index in [2.05, 4.69) is 11.9 Å². The van der Waals surface area contributed by atoms with Crippen molar-refractivity contribution in [2.75, 3.05) is 33.2 Å². The van der Waals surface area contributed by atoms with E-state index in [1.54, 1.807) is 6.92 Å². The van der Waals surface area contributed by atoms with E-state index in [-0.39, 0.29) is 0 Å². The molecule has 0 spiro atoms. The van der Waals surface area contributed by atoms with Crippen molar-refractivity contribution in [2.45, 2.75) is 13.2 Å². The van der Waals surface area contributed by atoms with Crippen molar-refractivity contribution in [1.82, 2.24) is 9.80 Å². The molecule has 0 amide bonds. The molecule has 3 heteroatoms. The molecule has 0 aromatic heterocycles. The van der Waals surface area contributed by atoms with E-state index in [0.717, 1.165) is 26.2 Å². The highest BCUT2D eigenvalue weighted by atomic mass is 19.1. The van der Waals surface area contributed by atoms with Gasteiger partial charge in [-0.3, -0.25) is 4.90 Å². The Kier molecular flexibility index (Phi) is 2.63. The second-order valence-corrected chi connectivity index (χ2v) is 2.91. The van der Waals surface area contributed by atoms with E-state index in [9.17, 15) is 4.39 Å². The molecule has 0 N–H and O–H groups in total. The van der Waals surface area contributed by atoms with Crippen LogP contribution in [0.15, 0.2) is 0 Å². The van der Waals surface area contributed by atoms with Gasteiger partial charge in [-0.25, -0.2) is 4.39 Å². The lowest BCUT2D eigenvalue weighted by atomic mass is 10.3. The van der Waals surface area contributed by atoms with Crippen LogP contribution in [-0.2, 0) is 0 Å². The zero-order chi connectivity index (χ0) is 7.56. The Morgan fingerprint density at radius 2 is 1.70 bits per heavy atom. The van der Waals surface area contributed by atoms with Gasteiger partial charge in [0.2, 0.25) is 0 Å². The first kappa shape index (κ1) is 7.95. The van der Waals surface area contributed by atoms with Gasteiger partial charge in [0.25, 0.3) is 0 Å². The predicted octanol–water partition coefficient (Wildman–Crippen LogP) is 0.549. The largest absolute Gasteiger partial charge is 0.304 e. The number of halogens is 1. The number of likely N-dealkylation sites (N-methyl/N-ethyl adjacent to an activating group) is 1. The van der Waals surface area contributed by atoms with Gasteiger partial charge in [-0.1, -0.05) is 0 Å². The Labute approximate surface area is 61.6 Å². The molecule has 0 aliphatic carbocycles. The Hall–Kier alpha value is -0.150. The molecule has 60 valence electrons. The van der Waals surface area contributed by atoms with Gasteiger partial charge < -0.3 is 4.90 Å². The smallest absolute Gasteiger partial charge is 0.150 e. The van der Waals surface area contributed by atoms with Crippen LogP contribution in [0.4, 0.5) is 4.39 Å². The molecule has 0 bridgehead atoms. The standard InChI is InChI=1S/C7H15FN2/c1-7(8)10-5-3-9(2)4-6-10/h7H,3-6H2,1-2H3/t7-/m1/s1. The summed E-state index contributed by atoms with van der Waals surface area (Å²) in [4.78, 5) is 4.08. The molecule has 10 heavy (non-hydrogen) atoms. The maximum atomic E-state index is 12.6. The minimum atomic E-state index is -0.770. The number of hydrogen-bond donors (Lipinski definition) is 0. The molecule has 0 radical (unpaired) electrons. The Bertz CT molecular complexity index is 97.8. The van der Waals surface area contributed by atoms with E-state index in [4.69, 9.17) is 0 Å². The fourth-order valence-corrected chi connectivity index (χ4v) is 1.18. The number of piperazine rings is 1. The van der Waals surface area contributed by atoms with Gasteiger partial charge in [-0.05, 0) is 14.0 Å². The van der Waals surface area contributed by atoms with Crippen LogP contribution in [0.3, 0.4) is 0 Å². The minimum absolute atomic E-state index is 0.770. The highest BCUT2D eigenvalue weighted by Gasteiger charge is 2.17. The summed E-state index contributed by atoms with van der Waals surface area (Å²) < 4.78 is 12.6. The molecule has 0 saturated carbocycles. The number of hydrogen-bond acceptors (Lipinski definition) is 2. The van der Waals surface area contributed by atoms with Crippen LogP contribution in [0.25, 0.3) is 0 Å². The molecule has 1 aliphatic rings. The highest BCUT2D eigenvalue weighted by molar-refractivity contribution is 4.69. The van der Waals surface area contributed by atoms with Crippen molar-refractivity contribution in [1.29, 1.82) is 0 Å². The van der Waals surface area contributed by atoms with Crippen molar-refractivity contribution < 1.29 is 4.39 Å². The van der Waals surface area contributed by atoms with E-state index >= 15 is 0 Å². The zero-order valence-corrected chi connectivity index (χ0v) is 6.68. The van der Waals surface area contributed by atoms with Crippen molar-refractivity contribution in [3.8, 4) is 0 Å². The van der Waals surface area contributed by atoms with Crippen molar-refractivity contribution >= 4 is 0 Å². The molecule has 0 unspecified atom stereocenters. The van der Waals surface area contributed by atoms with Crippen molar-refractivity contribution in [3.63, 3.8) is 0 Å². The van der Waals surface area contributed by atoms with Gasteiger partial charge in [0.15, 0.2) is 6.30 Å². The molecular weight excluding hydrogens is 131 g/mol. The van der Waals surface area contributed by atoms with Crippen molar-refractivity contribution in [3.05, 3.63) is 0 Å². The molecule has 2 nitrogen and oxygen atoms in total. The van der Waals surface area contributed by atoms with Gasteiger partial charge >= 0.3 is 0 Å². The van der Waals surface area contributed by atoms with Gasteiger partial charge in [0.1, 0.15) is 0 Å². The maximum absolute atomic E-state index is 12.6.